The van der Waals surface area contributed by atoms with Crippen LogP contribution in [0.15, 0.2) is 12.2 Å². The molecule has 0 aliphatic rings. The summed E-state index contributed by atoms with van der Waals surface area (Å²) in [5, 5.41) is 0. The SMILES string of the molecule is CCCCCCCC/C=C\CCCCCCCC(=O)OC(CI)COC(=O)C(F)(F)F. The Bertz CT molecular complexity index is 496. The van der Waals surface area contributed by atoms with Crippen molar-refractivity contribution in [3.05, 3.63) is 12.2 Å². The van der Waals surface area contributed by atoms with E-state index in [1.54, 1.807) is 0 Å². The lowest BCUT2D eigenvalue weighted by Gasteiger charge is -2.16. The number of carbonyl (C=O) groups excluding carboxylic acids is 2. The van der Waals surface area contributed by atoms with Crippen LogP contribution in [0.2, 0.25) is 0 Å². The summed E-state index contributed by atoms with van der Waals surface area (Å²) in [6.07, 6.45) is 13.9. The Morgan fingerprint density at radius 3 is 1.90 bits per heavy atom. The minimum Gasteiger partial charge on any atom is -0.458 e. The van der Waals surface area contributed by atoms with Gasteiger partial charge in [-0.25, -0.2) is 4.79 Å². The van der Waals surface area contributed by atoms with Crippen molar-refractivity contribution in [2.24, 2.45) is 0 Å². The van der Waals surface area contributed by atoms with Crippen molar-refractivity contribution in [2.45, 2.75) is 109 Å². The molecule has 0 rings (SSSR count). The molecule has 31 heavy (non-hydrogen) atoms. The highest BCUT2D eigenvalue weighted by Gasteiger charge is 2.41. The van der Waals surface area contributed by atoms with Gasteiger partial charge in [0, 0.05) is 10.8 Å². The van der Waals surface area contributed by atoms with Crippen LogP contribution in [0.5, 0.6) is 0 Å². The first kappa shape index (κ1) is 30.2. The number of ether oxygens (including phenoxy) is 2. The lowest BCUT2D eigenvalue weighted by Crippen LogP contribution is -2.31. The fraction of sp³-hybridized carbons (Fsp3) is 0.826. The summed E-state index contributed by atoms with van der Waals surface area (Å²) in [7, 11) is 0. The van der Waals surface area contributed by atoms with Gasteiger partial charge in [0.2, 0.25) is 0 Å². The smallest absolute Gasteiger partial charge is 0.458 e. The van der Waals surface area contributed by atoms with Gasteiger partial charge in [0.05, 0.1) is 0 Å². The number of carbonyl (C=O) groups is 2. The molecular formula is C23H38F3IO4. The molecule has 0 saturated heterocycles. The summed E-state index contributed by atoms with van der Waals surface area (Å²) >= 11 is 1.88. The van der Waals surface area contributed by atoms with E-state index >= 15 is 0 Å². The number of halogens is 4. The minimum absolute atomic E-state index is 0.221. The van der Waals surface area contributed by atoms with E-state index in [9.17, 15) is 22.8 Å². The minimum atomic E-state index is -5.04. The van der Waals surface area contributed by atoms with E-state index in [1.165, 1.54) is 44.9 Å². The Balaban J connectivity index is 3.60. The normalized spacial score (nSPS) is 12.8. The van der Waals surface area contributed by atoms with Gasteiger partial charge in [-0.3, -0.25) is 4.79 Å². The molecule has 0 saturated carbocycles. The van der Waals surface area contributed by atoms with Crippen LogP contribution in [0.3, 0.4) is 0 Å². The first-order chi connectivity index (χ1) is 14.8. The molecule has 0 N–H and O–H groups in total. The van der Waals surface area contributed by atoms with Crippen molar-refractivity contribution in [3.8, 4) is 0 Å². The van der Waals surface area contributed by atoms with E-state index in [1.807, 2.05) is 22.6 Å². The highest BCUT2D eigenvalue weighted by Crippen LogP contribution is 2.17. The highest BCUT2D eigenvalue weighted by molar-refractivity contribution is 14.1. The number of esters is 2. The molecule has 0 aromatic rings. The first-order valence-corrected chi connectivity index (χ1v) is 13.0. The third-order valence-corrected chi connectivity index (χ3v) is 5.73. The average Bonchev–Trinajstić information content (AvgIpc) is 2.72. The Labute approximate surface area is 198 Å². The molecule has 182 valence electrons. The van der Waals surface area contributed by atoms with Gasteiger partial charge in [-0.05, 0) is 32.1 Å². The van der Waals surface area contributed by atoms with Crippen molar-refractivity contribution >= 4 is 34.5 Å². The first-order valence-electron chi connectivity index (χ1n) is 11.5. The van der Waals surface area contributed by atoms with E-state index < -0.39 is 30.8 Å². The lowest BCUT2D eigenvalue weighted by molar-refractivity contribution is -0.202. The standard InChI is InChI=1S/C23H38F3IO4/c1-2-3-4-5-6-7-8-9-10-11-12-13-14-15-16-17-21(28)31-20(18-27)19-30-22(29)23(24,25)26/h9-10,20H,2-8,11-19H2,1H3/b10-9-. The fourth-order valence-electron chi connectivity index (χ4n) is 2.95. The van der Waals surface area contributed by atoms with Crippen LogP contribution in [-0.2, 0) is 19.1 Å². The van der Waals surface area contributed by atoms with Crippen molar-refractivity contribution in [1.82, 2.24) is 0 Å². The predicted octanol–water partition coefficient (Wildman–Crippen LogP) is 7.48. The van der Waals surface area contributed by atoms with Crippen LogP contribution in [0.25, 0.3) is 0 Å². The van der Waals surface area contributed by atoms with Crippen molar-refractivity contribution in [2.75, 3.05) is 11.0 Å². The van der Waals surface area contributed by atoms with Crippen LogP contribution in [0, 0.1) is 0 Å². The molecule has 0 fully saturated rings. The van der Waals surface area contributed by atoms with Crippen LogP contribution in [-0.4, -0.2) is 35.3 Å². The largest absolute Gasteiger partial charge is 0.490 e. The van der Waals surface area contributed by atoms with E-state index in [0.29, 0.717) is 6.42 Å². The van der Waals surface area contributed by atoms with E-state index in [-0.39, 0.29) is 10.8 Å². The molecule has 4 nitrogen and oxygen atoms in total. The summed E-state index contributed by atoms with van der Waals surface area (Å²) in [4.78, 5) is 22.5. The zero-order chi connectivity index (χ0) is 23.4. The van der Waals surface area contributed by atoms with E-state index in [4.69, 9.17) is 4.74 Å². The summed E-state index contributed by atoms with van der Waals surface area (Å²) in [6, 6.07) is 0. The Morgan fingerprint density at radius 1 is 0.871 bits per heavy atom. The number of hydrogen-bond acceptors (Lipinski definition) is 4. The van der Waals surface area contributed by atoms with Gasteiger partial charge in [0.25, 0.3) is 0 Å². The van der Waals surface area contributed by atoms with Gasteiger partial charge in [-0.1, -0.05) is 93.0 Å². The molecule has 1 unspecified atom stereocenters. The van der Waals surface area contributed by atoms with Gasteiger partial charge in [-0.15, -0.1) is 0 Å². The molecule has 0 aliphatic heterocycles. The molecule has 1 atom stereocenters. The third-order valence-electron chi connectivity index (χ3n) is 4.74. The average molecular weight is 562 g/mol. The number of allylic oxidation sites excluding steroid dienone is 2. The summed E-state index contributed by atoms with van der Waals surface area (Å²) in [5.41, 5.74) is 0. The molecule has 0 aromatic carbocycles. The molecule has 0 spiro atoms. The summed E-state index contributed by atoms with van der Waals surface area (Å²) in [6.45, 7) is 1.65. The van der Waals surface area contributed by atoms with Gasteiger partial charge in [-0.2, -0.15) is 13.2 Å². The second-order valence-corrected chi connectivity index (χ2v) is 8.58. The van der Waals surface area contributed by atoms with Crippen molar-refractivity contribution < 1.29 is 32.2 Å². The topological polar surface area (TPSA) is 52.6 Å². The van der Waals surface area contributed by atoms with Crippen LogP contribution < -0.4 is 0 Å². The number of alkyl halides is 4. The maximum Gasteiger partial charge on any atom is 0.490 e. The van der Waals surface area contributed by atoms with Gasteiger partial charge >= 0.3 is 18.1 Å². The Kier molecular flexibility index (Phi) is 19.3. The van der Waals surface area contributed by atoms with Gasteiger partial charge < -0.3 is 9.47 Å². The fourth-order valence-corrected chi connectivity index (χ4v) is 3.38. The molecule has 0 radical (unpaired) electrons. The number of hydrogen-bond donors (Lipinski definition) is 0. The summed E-state index contributed by atoms with van der Waals surface area (Å²) in [5.74, 6) is -2.74. The quantitative estimate of drug-likeness (QED) is 0.0539. The molecule has 0 heterocycles. The van der Waals surface area contributed by atoms with Gasteiger partial charge in [0.15, 0.2) is 0 Å². The molecule has 0 aliphatic carbocycles. The van der Waals surface area contributed by atoms with Crippen molar-refractivity contribution in [3.63, 3.8) is 0 Å². The number of rotatable bonds is 19. The zero-order valence-corrected chi connectivity index (χ0v) is 20.8. The Morgan fingerprint density at radius 2 is 1.39 bits per heavy atom. The van der Waals surface area contributed by atoms with E-state index in [2.05, 4.69) is 23.8 Å². The van der Waals surface area contributed by atoms with Crippen molar-refractivity contribution in [1.29, 1.82) is 0 Å². The second kappa shape index (κ2) is 19.9. The monoisotopic (exact) mass is 562 g/mol. The van der Waals surface area contributed by atoms with Crippen LogP contribution in [0.4, 0.5) is 13.2 Å². The maximum absolute atomic E-state index is 12.1. The molecule has 0 amide bonds. The lowest BCUT2D eigenvalue weighted by atomic mass is 10.1. The molecule has 0 bridgehead atoms. The Hall–Kier alpha value is -0.800. The maximum atomic E-state index is 12.1. The predicted molar refractivity (Wildman–Crippen MR) is 125 cm³/mol. The number of unbranched alkanes of at least 4 members (excludes halogenated alkanes) is 11. The highest BCUT2D eigenvalue weighted by atomic mass is 127. The van der Waals surface area contributed by atoms with E-state index in [0.717, 1.165) is 32.1 Å². The van der Waals surface area contributed by atoms with Crippen LogP contribution in [0.1, 0.15) is 96.8 Å². The second-order valence-electron chi connectivity index (χ2n) is 7.70. The van der Waals surface area contributed by atoms with Gasteiger partial charge in [0.1, 0.15) is 12.7 Å². The molecule has 0 aromatic heterocycles. The van der Waals surface area contributed by atoms with Crippen LogP contribution >= 0.6 is 22.6 Å². The summed E-state index contributed by atoms with van der Waals surface area (Å²) < 4.78 is 45.8. The molecule has 8 heteroatoms. The molecular weight excluding hydrogens is 524 g/mol. The zero-order valence-electron chi connectivity index (χ0n) is 18.7. The third kappa shape index (κ3) is 19.6.